The normalized spacial score (nSPS) is 23.9. The Hall–Kier alpha value is -3.67. The zero-order valence-electron chi connectivity index (χ0n) is 29.6. The molecule has 270 valence electrons. The summed E-state index contributed by atoms with van der Waals surface area (Å²) in [7, 11) is 0. The number of carbonyl (C=O) groups excluding carboxylic acids is 1. The largest absolute Gasteiger partial charge is 0.493 e. The van der Waals surface area contributed by atoms with Crippen molar-refractivity contribution in [1.29, 1.82) is 0 Å². The second kappa shape index (κ2) is 15.5. The molecule has 0 bridgehead atoms. The van der Waals surface area contributed by atoms with Crippen LogP contribution in [0.3, 0.4) is 0 Å². The molecule has 8 rings (SSSR count). The Labute approximate surface area is 309 Å². The van der Waals surface area contributed by atoms with Gasteiger partial charge in [-0.1, -0.05) is 31.2 Å². The maximum Gasteiger partial charge on any atom is 0.234 e. The van der Waals surface area contributed by atoms with Crippen molar-refractivity contribution in [2.75, 3.05) is 43.5 Å². The van der Waals surface area contributed by atoms with Gasteiger partial charge in [-0.05, 0) is 93.9 Å². The molecule has 0 radical (unpaired) electrons. The van der Waals surface area contributed by atoms with Gasteiger partial charge in [0.1, 0.15) is 24.0 Å². The van der Waals surface area contributed by atoms with Crippen molar-refractivity contribution in [2.24, 2.45) is 17.6 Å². The van der Waals surface area contributed by atoms with E-state index in [4.69, 9.17) is 25.2 Å². The lowest BCUT2D eigenvalue weighted by Gasteiger charge is -2.34. The highest BCUT2D eigenvalue weighted by atomic mass is 32.1. The predicted molar refractivity (Wildman–Crippen MR) is 207 cm³/mol. The van der Waals surface area contributed by atoms with E-state index in [2.05, 4.69) is 40.7 Å². The van der Waals surface area contributed by atoms with E-state index in [0.29, 0.717) is 37.1 Å². The van der Waals surface area contributed by atoms with Crippen LogP contribution in [0.15, 0.2) is 48.5 Å². The molecule has 2 aliphatic heterocycles. The van der Waals surface area contributed by atoms with Crippen LogP contribution in [0.4, 0.5) is 10.3 Å². The van der Waals surface area contributed by atoms with Crippen molar-refractivity contribution in [3.8, 4) is 34.0 Å². The lowest BCUT2D eigenvalue weighted by molar-refractivity contribution is -0.134. The maximum atomic E-state index is 14.6. The Morgan fingerprint density at radius 1 is 0.863 bits per heavy atom. The van der Waals surface area contributed by atoms with Crippen LogP contribution >= 0.6 is 22.7 Å². The van der Waals surface area contributed by atoms with Crippen LogP contribution < -0.4 is 25.8 Å². The molecule has 2 aromatic carbocycles. The summed E-state index contributed by atoms with van der Waals surface area (Å²) in [6, 6.07) is 17.0. The van der Waals surface area contributed by atoms with Gasteiger partial charge in [0.2, 0.25) is 5.91 Å². The van der Waals surface area contributed by atoms with Crippen molar-refractivity contribution < 1.29 is 14.3 Å². The second-order valence-corrected chi connectivity index (χ2v) is 16.9. The van der Waals surface area contributed by atoms with Gasteiger partial charge < -0.3 is 30.7 Å². The summed E-state index contributed by atoms with van der Waals surface area (Å²) in [5.41, 5.74) is 10.2. The van der Waals surface area contributed by atoms with Gasteiger partial charge >= 0.3 is 0 Å². The molecule has 4 heterocycles. The van der Waals surface area contributed by atoms with Crippen molar-refractivity contribution in [2.45, 2.75) is 89.1 Å². The number of nitrogens with one attached hydrogen (secondary N) is 2. The Morgan fingerprint density at radius 3 is 2.31 bits per heavy atom. The van der Waals surface area contributed by atoms with Gasteiger partial charge in [-0.25, -0.2) is 9.97 Å². The summed E-state index contributed by atoms with van der Waals surface area (Å²) in [6.45, 7) is 5.61. The third-order valence-corrected chi connectivity index (χ3v) is 13.3. The first kappa shape index (κ1) is 34.4. The monoisotopic (exact) mass is 726 g/mol. The number of para-hydroxylation sites is 2. The van der Waals surface area contributed by atoms with Gasteiger partial charge in [0.05, 0.1) is 22.9 Å². The van der Waals surface area contributed by atoms with Crippen LogP contribution in [0, 0.1) is 11.8 Å². The van der Waals surface area contributed by atoms with E-state index in [9.17, 15) is 4.79 Å². The molecule has 2 aromatic heterocycles. The Balaban J connectivity index is 0.925. The fraction of sp³-hybridized carbons (Fsp3) is 0.525. The van der Waals surface area contributed by atoms with Crippen molar-refractivity contribution in [3.05, 3.63) is 58.3 Å². The Kier molecular flexibility index (Phi) is 10.5. The zero-order valence-corrected chi connectivity index (χ0v) is 31.2. The molecule has 51 heavy (non-hydrogen) atoms. The van der Waals surface area contributed by atoms with Gasteiger partial charge in [-0.3, -0.25) is 4.79 Å². The minimum Gasteiger partial charge on any atom is -0.493 e. The molecule has 2 aliphatic carbocycles. The summed E-state index contributed by atoms with van der Waals surface area (Å²) < 4.78 is 12.3. The molecule has 4 aliphatic rings. The molecule has 0 saturated heterocycles. The number of nitrogens with zero attached hydrogens (tertiary/aromatic N) is 3. The van der Waals surface area contributed by atoms with E-state index < -0.39 is 0 Å². The maximum absolute atomic E-state index is 14.6. The molecule has 1 amide bonds. The number of thiazole rings is 2. The number of anilines is 2. The minimum absolute atomic E-state index is 0.163. The highest BCUT2D eigenvalue weighted by Gasteiger charge is 2.36. The van der Waals surface area contributed by atoms with Gasteiger partial charge in [0, 0.05) is 54.1 Å². The van der Waals surface area contributed by atoms with E-state index in [0.717, 1.165) is 133 Å². The van der Waals surface area contributed by atoms with Gasteiger partial charge in [-0.2, -0.15) is 0 Å². The summed E-state index contributed by atoms with van der Waals surface area (Å²) >= 11 is 3.40. The summed E-state index contributed by atoms with van der Waals surface area (Å²) in [6.07, 6.45) is 10.6. The minimum atomic E-state index is -0.381. The highest BCUT2D eigenvalue weighted by molar-refractivity contribution is 7.16. The number of hydrogen-bond acceptors (Lipinski definition) is 10. The number of aromatic nitrogens is 2. The summed E-state index contributed by atoms with van der Waals surface area (Å²) in [5.74, 6) is 2.58. The SMILES string of the molecule is CCCN(CC1CCC(Nc2nc3c(s2)CCOc2ccccc2-3)CC1)C(=O)C1COc2ccccc2-c2nc(NCC3CCC(N)CC3)sc21. The third kappa shape index (κ3) is 7.62. The van der Waals surface area contributed by atoms with E-state index in [-0.39, 0.29) is 11.8 Å². The first-order valence-corrected chi connectivity index (χ1v) is 20.6. The molecule has 11 heteroatoms. The van der Waals surface area contributed by atoms with Crippen LogP contribution in [0.5, 0.6) is 11.5 Å². The summed E-state index contributed by atoms with van der Waals surface area (Å²) in [4.78, 5) is 29.1. The molecule has 2 saturated carbocycles. The third-order valence-electron chi connectivity index (χ3n) is 11.1. The number of rotatable bonds is 10. The van der Waals surface area contributed by atoms with Crippen LogP contribution in [-0.2, 0) is 11.2 Å². The summed E-state index contributed by atoms with van der Waals surface area (Å²) in [5, 5.41) is 9.33. The molecule has 1 atom stereocenters. The first-order chi connectivity index (χ1) is 25.0. The second-order valence-electron chi connectivity index (χ2n) is 14.8. The van der Waals surface area contributed by atoms with Crippen LogP contribution in [0.2, 0.25) is 0 Å². The van der Waals surface area contributed by atoms with Gasteiger partial charge in [0.25, 0.3) is 0 Å². The van der Waals surface area contributed by atoms with Crippen LogP contribution in [0.1, 0.15) is 80.4 Å². The lowest BCUT2D eigenvalue weighted by atomic mass is 9.85. The fourth-order valence-corrected chi connectivity index (χ4v) is 10.4. The van der Waals surface area contributed by atoms with Gasteiger partial charge in [0.15, 0.2) is 10.3 Å². The van der Waals surface area contributed by atoms with Crippen LogP contribution in [-0.4, -0.2) is 65.7 Å². The molecular weight excluding hydrogens is 677 g/mol. The molecular formula is C40H50N6O3S2. The van der Waals surface area contributed by atoms with Crippen LogP contribution in [0.25, 0.3) is 22.5 Å². The lowest BCUT2D eigenvalue weighted by Crippen LogP contribution is -2.41. The molecule has 2 fully saturated rings. The predicted octanol–water partition coefficient (Wildman–Crippen LogP) is 8.18. The number of fused-ring (bicyclic) bond motifs is 6. The fourth-order valence-electron chi connectivity index (χ4n) is 8.27. The average molecular weight is 727 g/mol. The Bertz CT molecular complexity index is 1810. The molecule has 9 nitrogen and oxygen atoms in total. The molecule has 4 N–H and O–H groups in total. The number of nitrogens with two attached hydrogens (primary N) is 1. The number of carbonyl (C=O) groups is 1. The van der Waals surface area contributed by atoms with Crippen molar-refractivity contribution in [1.82, 2.24) is 14.9 Å². The topological polar surface area (TPSA) is 115 Å². The average Bonchev–Trinajstić information content (AvgIpc) is 3.67. The van der Waals surface area contributed by atoms with E-state index >= 15 is 0 Å². The van der Waals surface area contributed by atoms with E-state index in [1.165, 1.54) is 4.88 Å². The van der Waals surface area contributed by atoms with Crippen molar-refractivity contribution in [3.63, 3.8) is 0 Å². The molecule has 0 spiro atoms. The smallest absolute Gasteiger partial charge is 0.234 e. The van der Waals surface area contributed by atoms with E-state index in [1.807, 2.05) is 30.3 Å². The van der Waals surface area contributed by atoms with Crippen molar-refractivity contribution >= 4 is 38.8 Å². The number of hydrogen-bond donors (Lipinski definition) is 3. The number of benzene rings is 2. The standard InChI is InChI=1S/C40H50N6O3S2/c1-2-20-46(23-26-13-17-28(18-14-26)43-40-44-35-29-7-3-5-9-32(29)48-21-19-34(35)50-40)38(47)31-24-49-33-10-6-4-8-30(33)36-37(31)51-39(45-36)42-22-25-11-15-27(41)16-12-25/h3-10,25-28,31H,2,11-24,41H2,1H3,(H,42,45)(H,43,44). The number of ether oxygens (including phenoxy) is 2. The molecule has 4 aromatic rings. The van der Waals surface area contributed by atoms with E-state index in [1.54, 1.807) is 22.7 Å². The van der Waals surface area contributed by atoms with Gasteiger partial charge in [-0.15, -0.1) is 22.7 Å². The molecule has 1 unspecified atom stereocenters. The quantitative estimate of drug-likeness (QED) is 0.150. The highest BCUT2D eigenvalue weighted by Crippen LogP contribution is 2.44. The Morgan fingerprint density at radius 2 is 1.55 bits per heavy atom. The zero-order chi connectivity index (χ0) is 34.7. The number of amides is 1. The first-order valence-electron chi connectivity index (χ1n) is 19.0.